The van der Waals surface area contributed by atoms with Gasteiger partial charge in [0.05, 0.1) is 5.92 Å². The van der Waals surface area contributed by atoms with Gasteiger partial charge in [-0.2, -0.15) is 0 Å². The number of carboxylic acid groups (broad SMARTS) is 1. The molecular weight excluding hydrogens is 244 g/mol. The SMILES string of the molecule is CC(C)N(CC1CC1)C(=O)NC1CCCC1C(=O)O. The molecule has 2 amide bonds. The van der Waals surface area contributed by atoms with E-state index in [1.54, 1.807) is 0 Å². The zero-order valence-electron chi connectivity index (χ0n) is 11.8. The standard InChI is InChI=1S/C14H24N2O3/c1-9(2)16(8-10-6-7-10)14(19)15-12-5-3-4-11(12)13(17)18/h9-12H,3-8H2,1-2H3,(H,15,19)(H,17,18). The lowest BCUT2D eigenvalue weighted by Gasteiger charge is -2.29. The number of hydrogen-bond donors (Lipinski definition) is 2. The van der Waals surface area contributed by atoms with Crippen molar-refractivity contribution < 1.29 is 14.7 Å². The third-order valence-electron chi connectivity index (χ3n) is 4.18. The Morgan fingerprint density at radius 1 is 1.26 bits per heavy atom. The number of hydrogen-bond acceptors (Lipinski definition) is 2. The number of urea groups is 1. The highest BCUT2D eigenvalue weighted by atomic mass is 16.4. The molecule has 5 nitrogen and oxygen atoms in total. The molecule has 108 valence electrons. The molecule has 0 radical (unpaired) electrons. The fraction of sp³-hybridized carbons (Fsp3) is 0.857. The lowest BCUT2D eigenvalue weighted by Crippen LogP contribution is -2.50. The maximum atomic E-state index is 12.3. The van der Waals surface area contributed by atoms with Crippen LogP contribution in [0.4, 0.5) is 4.79 Å². The van der Waals surface area contributed by atoms with Gasteiger partial charge in [0.1, 0.15) is 0 Å². The smallest absolute Gasteiger partial charge is 0.317 e. The van der Waals surface area contributed by atoms with Gasteiger partial charge in [0.15, 0.2) is 0 Å². The quantitative estimate of drug-likeness (QED) is 0.802. The van der Waals surface area contributed by atoms with Gasteiger partial charge in [-0.3, -0.25) is 4.79 Å². The van der Waals surface area contributed by atoms with Crippen molar-refractivity contribution in [3.63, 3.8) is 0 Å². The Morgan fingerprint density at radius 2 is 1.95 bits per heavy atom. The van der Waals surface area contributed by atoms with Crippen LogP contribution in [-0.4, -0.2) is 40.6 Å². The van der Waals surface area contributed by atoms with E-state index in [0.717, 1.165) is 19.4 Å². The zero-order chi connectivity index (χ0) is 14.0. The van der Waals surface area contributed by atoms with E-state index < -0.39 is 11.9 Å². The van der Waals surface area contributed by atoms with E-state index in [4.69, 9.17) is 5.11 Å². The van der Waals surface area contributed by atoms with Crippen LogP contribution in [0.5, 0.6) is 0 Å². The van der Waals surface area contributed by atoms with E-state index in [-0.39, 0.29) is 18.1 Å². The Labute approximate surface area is 114 Å². The first-order valence-electron chi connectivity index (χ1n) is 7.29. The second-order valence-corrected chi connectivity index (χ2v) is 6.12. The van der Waals surface area contributed by atoms with Crippen LogP contribution in [0.25, 0.3) is 0 Å². The van der Waals surface area contributed by atoms with Crippen LogP contribution in [0.2, 0.25) is 0 Å². The molecule has 2 atom stereocenters. The number of nitrogens with zero attached hydrogens (tertiary/aromatic N) is 1. The van der Waals surface area contributed by atoms with Gasteiger partial charge in [0, 0.05) is 18.6 Å². The molecule has 0 bridgehead atoms. The second-order valence-electron chi connectivity index (χ2n) is 6.12. The molecule has 2 fully saturated rings. The van der Waals surface area contributed by atoms with Gasteiger partial charge in [0.25, 0.3) is 0 Å². The maximum absolute atomic E-state index is 12.3. The Hall–Kier alpha value is -1.26. The van der Waals surface area contributed by atoms with Crippen LogP contribution in [0.15, 0.2) is 0 Å². The third-order valence-corrected chi connectivity index (χ3v) is 4.18. The summed E-state index contributed by atoms with van der Waals surface area (Å²) in [7, 11) is 0. The fourth-order valence-corrected chi connectivity index (χ4v) is 2.78. The van der Waals surface area contributed by atoms with Crippen LogP contribution >= 0.6 is 0 Å². The van der Waals surface area contributed by atoms with Crippen molar-refractivity contribution in [3.05, 3.63) is 0 Å². The number of carbonyl (C=O) groups excluding carboxylic acids is 1. The Bertz CT molecular complexity index is 353. The summed E-state index contributed by atoms with van der Waals surface area (Å²) in [5, 5.41) is 12.1. The Kier molecular flexibility index (Phi) is 4.32. The Balaban J connectivity index is 1.92. The molecule has 0 aromatic carbocycles. The largest absolute Gasteiger partial charge is 0.481 e. The van der Waals surface area contributed by atoms with Gasteiger partial charge in [-0.25, -0.2) is 4.79 Å². The molecule has 2 aliphatic rings. The van der Waals surface area contributed by atoms with Crippen molar-refractivity contribution in [2.45, 2.75) is 58.0 Å². The first-order chi connectivity index (χ1) is 8.99. The first kappa shape index (κ1) is 14.2. The van der Waals surface area contributed by atoms with E-state index in [1.807, 2.05) is 18.7 Å². The van der Waals surface area contributed by atoms with E-state index >= 15 is 0 Å². The van der Waals surface area contributed by atoms with Gasteiger partial charge >= 0.3 is 12.0 Å². The van der Waals surface area contributed by atoms with Crippen LogP contribution in [-0.2, 0) is 4.79 Å². The molecule has 0 aromatic heterocycles. The van der Waals surface area contributed by atoms with Crippen molar-refractivity contribution >= 4 is 12.0 Å². The van der Waals surface area contributed by atoms with E-state index in [2.05, 4.69) is 5.32 Å². The molecule has 19 heavy (non-hydrogen) atoms. The van der Waals surface area contributed by atoms with Crippen LogP contribution in [0, 0.1) is 11.8 Å². The summed E-state index contributed by atoms with van der Waals surface area (Å²) < 4.78 is 0. The van der Waals surface area contributed by atoms with Crippen molar-refractivity contribution in [1.82, 2.24) is 10.2 Å². The Morgan fingerprint density at radius 3 is 2.47 bits per heavy atom. The van der Waals surface area contributed by atoms with Crippen molar-refractivity contribution in [3.8, 4) is 0 Å². The minimum absolute atomic E-state index is 0.0972. The molecule has 2 rings (SSSR count). The van der Waals surface area contributed by atoms with Crippen molar-refractivity contribution in [2.75, 3.05) is 6.54 Å². The monoisotopic (exact) mass is 268 g/mol. The summed E-state index contributed by atoms with van der Waals surface area (Å²) in [6, 6.07) is -0.143. The topological polar surface area (TPSA) is 69.6 Å². The zero-order valence-corrected chi connectivity index (χ0v) is 11.8. The highest BCUT2D eigenvalue weighted by Gasteiger charge is 2.36. The number of aliphatic carboxylic acids is 1. The summed E-state index contributed by atoms with van der Waals surface area (Å²) in [5.74, 6) is -0.563. The normalized spacial score (nSPS) is 26.5. The molecule has 2 saturated carbocycles. The lowest BCUT2D eigenvalue weighted by molar-refractivity contribution is -0.142. The molecule has 2 unspecified atom stereocenters. The summed E-state index contributed by atoms with van der Waals surface area (Å²) in [6.45, 7) is 4.81. The molecule has 5 heteroatoms. The molecular formula is C14H24N2O3. The molecule has 0 heterocycles. The van der Waals surface area contributed by atoms with Crippen LogP contribution in [0.1, 0.15) is 46.0 Å². The second kappa shape index (κ2) is 5.80. The van der Waals surface area contributed by atoms with Gasteiger partial charge < -0.3 is 15.3 Å². The summed E-state index contributed by atoms with van der Waals surface area (Å²) in [4.78, 5) is 25.3. The predicted octanol–water partition coefficient (Wildman–Crippen LogP) is 2.07. The third kappa shape index (κ3) is 3.61. The molecule has 0 saturated heterocycles. The number of rotatable bonds is 5. The fourth-order valence-electron chi connectivity index (χ4n) is 2.78. The first-order valence-corrected chi connectivity index (χ1v) is 7.29. The van der Waals surface area contributed by atoms with Crippen LogP contribution in [0.3, 0.4) is 0 Å². The van der Waals surface area contributed by atoms with Gasteiger partial charge in [-0.15, -0.1) is 0 Å². The van der Waals surface area contributed by atoms with Gasteiger partial charge in [0.2, 0.25) is 0 Å². The van der Waals surface area contributed by atoms with E-state index in [1.165, 1.54) is 12.8 Å². The number of carboxylic acids is 1. The average molecular weight is 268 g/mol. The summed E-state index contributed by atoms with van der Waals surface area (Å²) >= 11 is 0. The molecule has 2 aliphatic carbocycles. The number of amides is 2. The highest BCUT2D eigenvalue weighted by molar-refractivity contribution is 5.77. The highest BCUT2D eigenvalue weighted by Crippen LogP contribution is 2.31. The van der Waals surface area contributed by atoms with Gasteiger partial charge in [-0.05, 0) is 45.4 Å². The minimum Gasteiger partial charge on any atom is -0.481 e. The van der Waals surface area contributed by atoms with Crippen molar-refractivity contribution in [1.29, 1.82) is 0 Å². The predicted molar refractivity (Wildman–Crippen MR) is 71.9 cm³/mol. The minimum atomic E-state index is -0.791. The lowest BCUT2D eigenvalue weighted by atomic mass is 10.0. The number of nitrogens with one attached hydrogen (secondary N) is 1. The maximum Gasteiger partial charge on any atom is 0.317 e. The molecule has 0 spiro atoms. The molecule has 0 aliphatic heterocycles. The van der Waals surface area contributed by atoms with Gasteiger partial charge in [-0.1, -0.05) is 6.42 Å². The summed E-state index contributed by atoms with van der Waals surface area (Å²) in [6.07, 6.45) is 4.74. The van der Waals surface area contributed by atoms with E-state index in [0.29, 0.717) is 12.3 Å². The van der Waals surface area contributed by atoms with E-state index in [9.17, 15) is 9.59 Å². The number of carbonyl (C=O) groups is 2. The molecule has 0 aromatic rings. The summed E-state index contributed by atoms with van der Waals surface area (Å²) in [5.41, 5.74) is 0. The molecule has 2 N–H and O–H groups in total. The van der Waals surface area contributed by atoms with Crippen LogP contribution < -0.4 is 5.32 Å². The van der Waals surface area contributed by atoms with Crippen molar-refractivity contribution in [2.24, 2.45) is 11.8 Å². The average Bonchev–Trinajstić information content (AvgIpc) is 3.03.